The standard InChI is InChI=1S/C21H24N4O4S/c1-14-11-18(24-15(2)26)6-9-20(14)30(27,28)25-17-4-7-19(8-5-17)29-21-10-3-16(12-22)13-23-21/h3,6,9-11,13,17,19,25H,4-5,7-8H2,1-2H3,(H,24,26). The molecule has 1 aliphatic carbocycles. The van der Waals surface area contributed by atoms with Gasteiger partial charge < -0.3 is 10.1 Å². The molecule has 3 rings (SSSR count). The first-order valence-electron chi connectivity index (χ1n) is 9.70. The third-order valence-electron chi connectivity index (χ3n) is 4.93. The monoisotopic (exact) mass is 428 g/mol. The highest BCUT2D eigenvalue weighted by atomic mass is 32.2. The minimum atomic E-state index is -3.67. The van der Waals surface area contributed by atoms with Gasteiger partial charge in [0.15, 0.2) is 0 Å². The maximum Gasteiger partial charge on any atom is 0.241 e. The molecule has 0 unspecified atom stereocenters. The van der Waals surface area contributed by atoms with E-state index in [1.807, 2.05) is 6.07 Å². The molecule has 0 aliphatic heterocycles. The summed E-state index contributed by atoms with van der Waals surface area (Å²) in [4.78, 5) is 15.5. The Morgan fingerprint density at radius 2 is 1.93 bits per heavy atom. The maximum absolute atomic E-state index is 12.8. The van der Waals surface area contributed by atoms with Crippen LogP contribution in [-0.4, -0.2) is 31.5 Å². The summed E-state index contributed by atoms with van der Waals surface area (Å²) in [5.74, 6) is 0.256. The highest BCUT2D eigenvalue weighted by molar-refractivity contribution is 7.89. The Morgan fingerprint density at radius 3 is 2.50 bits per heavy atom. The third-order valence-corrected chi connectivity index (χ3v) is 6.61. The Bertz CT molecular complexity index is 1050. The number of nitrogens with zero attached hydrogens (tertiary/aromatic N) is 2. The fourth-order valence-corrected chi connectivity index (χ4v) is 5.03. The van der Waals surface area contributed by atoms with Gasteiger partial charge in [0.2, 0.25) is 21.8 Å². The van der Waals surface area contributed by atoms with Gasteiger partial charge in [0.1, 0.15) is 12.2 Å². The lowest BCUT2D eigenvalue weighted by Gasteiger charge is -2.29. The number of hydrogen-bond donors (Lipinski definition) is 2. The molecule has 8 nitrogen and oxygen atoms in total. The predicted molar refractivity (Wildman–Crippen MR) is 111 cm³/mol. The van der Waals surface area contributed by atoms with Crippen LogP contribution < -0.4 is 14.8 Å². The third kappa shape index (κ3) is 5.55. The summed E-state index contributed by atoms with van der Waals surface area (Å²) in [5, 5.41) is 11.5. The van der Waals surface area contributed by atoms with Crippen LogP contribution in [0.4, 0.5) is 5.69 Å². The summed E-state index contributed by atoms with van der Waals surface area (Å²) >= 11 is 0. The molecule has 0 radical (unpaired) electrons. The molecule has 1 aliphatic rings. The molecule has 2 N–H and O–H groups in total. The van der Waals surface area contributed by atoms with Gasteiger partial charge in [0, 0.05) is 30.9 Å². The van der Waals surface area contributed by atoms with Gasteiger partial charge in [0.05, 0.1) is 10.5 Å². The van der Waals surface area contributed by atoms with E-state index in [2.05, 4.69) is 15.0 Å². The quantitative estimate of drug-likeness (QED) is 0.730. The second-order valence-electron chi connectivity index (χ2n) is 7.37. The van der Waals surface area contributed by atoms with Crippen LogP contribution in [0.15, 0.2) is 41.4 Å². The summed E-state index contributed by atoms with van der Waals surface area (Å²) in [6.45, 7) is 3.11. The van der Waals surface area contributed by atoms with E-state index in [1.165, 1.54) is 19.2 Å². The van der Waals surface area contributed by atoms with Crippen molar-refractivity contribution in [1.82, 2.24) is 9.71 Å². The molecule has 1 aromatic carbocycles. The number of aryl methyl sites for hydroxylation is 1. The van der Waals surface area contributed by atoms with E-state index in [0.29, 0.717) is 48.4 Å². The number of carbonyl (C=O) groups is 1. The van der Waals surface area contributed by atoms with Crippen molar-refractivity contribution < 1.29 is 17.9 Å². The Kier molecular flexibility index (Phi) is 6.70. The lowest BCUT2D eigenvalue weighted by atomic mass is 9.94. The number of sulfonamides is 1. The molecule has 0 spiro atoms. The smallest absolute Gasteiger partial charge is 0.241 e. The number of nitriles is 1. The lowest BCUT2D eigenvalue weighted by Crippen LogP contribution is -2.39. The zero-order valence-electron chi connectivity index (χ0n) is 16.9. The van der Waals surface area contributed by atoms with Crippen LogP contribution in [0.3, 0.4) is 0 Å². The fraction of sp³-hybridized carbons (Fsp3) is 0.381. The molecule has 158 valence electrons. The average Bonchev–Trinajstić information content (AvgIpc) is 2.69. The van der Waals surface area contributed by atoms with Crippen LogP contribution in [0.2, 0.25) is 0 Å². The number of rotatable bonds is 6. The van der Waals surface area contributed by atoms with Gasteiger partial charge in [-0.2, -0.15) is 5.26 Å². The fourth-order valence-electron chi connectivity index (χ4n) is 3.50. The van der Waals surface area contributed by atoms with Crippen LogP contribution in [0.5, 0.6) is 5.88 Å². The predicted octanol–water partition coefficient (Wildman–Crippen LogP) is 2.89. The normalized spacial score (nSPS) is 19.0. The van der Waals surface area contributed by atoms with Crippen molar-refractivity contribution in [2.24, 2.45) is 0 Å². The van der Waals surface area contributed by atoms with E-state index < -0.39 is 10.0 Å². The van der Waals surface area contributed by atoms with Crippen molar-refractivity contribution in [3.05, 3.63) is 47.7 Å². The minimum Gasteiger partial charge on any atom is -0.474 e. The Labute approximate surface area is 176 Å². The first-order chi connectivity index (χ1) is 14.3. The molecular formula is C21H24N4O4S. The molecule has 2 aromatic rings. The Balaban J connectivity index is 1.57. The van der Waals surface area contributed by atoms with Crippen molar-refractivity contribution in [3.8, 4) is 11.9 Å². The molecule has 0 bridgehead atoms. The summed E-state index contributed by atoms with van der Waals surface area (Å²) in [6.07, 6.45) is 4.15. The van der Waals surface area contributed by atoms with Crippen LogP contribution in [0, 0.1) is 18.3 Å². The van der Waals surface area contributed by atoms with Crippen molar-refractivity contribution in [3.63, 3.8) is 0 Å². The number of amides is 1. The van der Waals surface area contributed by atoms with Gasteiger partial charge in [-0.05, 0) is 62.4 Å². The number of ether oxygens (including phenoxy) is 1. The summed E-state index contributed by atoms with van der Waals surface area (Å²) in [6, 6.07) is 9.90. The Hall–Kier alpha value is -2.96. The van der Waals surface area contributed by atoms with E-state index in [9.17, 15) is 13.2 Å². The Morgan fingerprint density at radius 1 is 1.20 bits per heavy atom. The largest absolute Gasteiger partial charge is 0.474 e. The SMILES string of the molecule is CC(=O)Nc1ccc(S(=O)(=O)NC2CCC(Oc3ccc(C#N)cn3)CC2)c(C)c1. The number of pyridine rings is 1. The maximum atomic E-state index is 12.8. The number of aromatic nitrogens is 1. The highest BCUT2D eigenvalue weighted by Crippen LogP contribution is 2.26. The van der Waals surface area contributed by atoms with E-state index >= 15 is 0 Å². The number of anilines is 1. The number of hydrogen-bond acceptors (Lipinski definition) is 6. The number of nitrogens with one attached hydrogen (secondary N) is 2. The van der Waals surface area contributed by atoms with Gasteiger partial charge in [-0.3, -0.25) is 4.79 Å². The number of carbonyl (C=O) groups excluding carboxylic acids is 1. The van der Waals surface area contributed by atoms with Crippen LogP contribution in [0.1, 0.15) is 43.7 Å². The molecule has 1 saturated carbocycles. The van der Waals surface area contributed by atoms with E-state index in [1.54, 1.807) is 31.2 Å². The van der Waals surface area contributed by atoms with Crippen molar-refractivity contribution >= 4 is 21.6 Å². The van der Waals surface area contributed by atoms with Crippen LogP contribution >= 0.6 is 0 Å². The lowest BCUT2D eigenvalue weighted by molar-refractivity contribution is -0.114. The van der Waals surface area contributed by atoms with Crippen LogP contribution in [0.25, 0.3) is 0 Å². The highest BCUT2D eigenvalue weighted by Gasteiger charge is 2.27. The van der Waals surface area contributed by atoms with Gasteiger partial charge in [-0.1, -0.05) is 0 Å². The number of benzene rings is 1. The van der Waals surface area contributed by atoms with Crippen molar-refractivity contribution in [2.75, 3.05) is 5.32 Å². The first-order valence-corrected chi connectivity index (χ1v) is 11.2. The topological polar surface area (TPSA) is 121 Å². The molecule has 30 heavy (non-hydrogen) atoms. The first kappa shape index (κ1) is 21.7. The van der Waals surface area contributed by atoms with Crippen molar-refractivity contribution in [1.29, 1.82) is 5.26 Å². The van der Waals surface area contributed by atoms with E-state index in [0.717, 1.165) is 0 Å². The molecule has 1 amide bonds. The zero-order chi connectivity index (χ0) is 21.7. The molecule has 0 atom stereocenters. The van der Waals surface area contributed by atoms with Crippen molar-refractivity contribution in [2.45, 2.75) is 56.6 Å². The second kappa shape index (κ2) is 9.24. The zero-order valence-corrected chi connectivity index (χ0v) is 17.7. The molecule has 9 heteroatoms. The molecular weight excluding hydrogens is 404 g/mol. The van der Waals surface area contributed by atoms with E-state index in [-0.39, 0.29) is 22.9 Å². The van der Waals surface area contributed by atoms with Gasteiger partial charge in [0.25, 0.3) is 0 Å². The van der Waals surface area contributed by atoms with Gasteiger partial charge >= 0.3 is 0 Å². The second-order valence-corrected chi connectivity index (χ2v) is 9.05. The summed E-state index contributed by atoms with van der Waals surface area (Å²) in [7, 11) is -3.67. The molecule has 1 aromatic heterocycles. The average molecular weight is 429 g/mol. The molecule has 1 fully saturated rings. The molecule has 1 heterocycles. The van der Waals surface area contributed by atoms with Crippen LogP contribution in [-0.2, 0) is 14.8 Å². The summed E-state index contributed by atoms with van der Waals surface area (Å²) < 4.78 is 34.3. The van der Waals surface area contributed by atoms with E-state index in [4.69, 9.17) is 10.00 Å². The van der Waals surface area contributed by atoms with Gasteiger partial charge in [-0.25, -0.2) is 18.1 Å². The van der Waals surface area contributed by atoms with Gasteiger partial charge in [-0.15, -0.1) is 0 Å². The molecule has 0 saturated heterocycles. The summed E-state index contributed by atoms with van der Waals surface area (Å²) in [5.41, 5.74) is 1.60. The minimum absolute atomic E-state index is 0.0372.